The number of anilines is 1. The lowest BCUT2D eigenvalue weighted by molar-refractivity contribution is -0.115. The first kappa shape index (κ1) is 19.2. The van der Waals surface area contributed by atoms with Gasteiger partial charge in [0.05, 0.1) is 10.3 Å². The van der Waals surface area contributed by atoms with Crippen molar-refractivity contribution in [3.8, 4) is 0 Å². The quantitative estimate of drug-likeness (QED) is 0.569. The Morgan fingerprint density at radius 1 is 1.17 bits per heavy atom. The molecule has 1 amide bonds. The van der Waals surface area contributed by atoms with E-state index in [-0.39, 0.29) is 11.2 Å². The molecule has 2 aromatic carbocycles. The highest BCUT2D eigenvalue weighted by molar-refractivity contribution is 8.00. The Hall–Kier alpha value is -1.16. The van der Waals surface area contributed by atoms with Gasteiger partial charge in [-0.3, -0.25) is 4.79 Å². The Morgan fingerprint density at radius 3 is 2.58 bits per heavy atom. The van der Waals surface area contributed by atoms with E-state index in [2.05, 4.69) is 25.2 Å². The van der Waals surface area contributed by atoms with Gasteiger partial charge in [-0.1, -0.05) is 55.2 Å². The van der Waals surface area contributed by atoms with E-state index in [1.54, 1.807) is 18.2 Å². The molecule has 0 radical (unpaired) electrons. The third kappa shape index (κ3) is 4.92. The molecular formula is C19H21Cl2NOS. The highest BCUT2D eigenvalue weighted by atomic mass is 35.5. The standard InChI is InChI=1S/C19H21Cl2NOS/c1-4-12(2)15-7-5-6-8-17(15)22-19(23)13(3)24-18-11-14(20)9-10-16(18)21/h5-13H,4H2,1-3H3,(H,22,23)/t12-,13+/m1/s1. The average molecular weight is 382 g/mol. The van der Waals surface area contributed by atoms with Gasteiger partial charge in [0.2, 0.25) is 5.91 Å². The summed E-state index contributed by atoms with van der Waals surface area (Å²) in [4.78, 5) is 13.4. The van der Waals surface area contributed by atoms with Crippen LogP contribution in [0.15, 0.2) is 47.4 Å². The van der Waals surface area contributed by atoms with Crippen molar-refractivity contribution in [2.45, 2.75) is 43.3 Å². The van der Waals surface area contributed by atoms with Gasteiger partial charge in [0.1, 0.15) is 0 Å². The minimum Gasteiger partial charge on any atom is -0.325 e. The molecule has 1 N–H and O–H groups in total. The molecule has 24 heavy (non-hydrogen) atoms. The number of para-hydroxylation sites is 1. The minimum absolute atomic E-state index is 0.0493. The van der Waals surface area contributed by atoms with E-state index in [4.69, 9.17) is 23.2 Å². The summed E-state index contributed by atoms with van der Waals surface area (Å²) in [5, 5.41) is 3.97. The van der Waals surface area contributed by atoms with Gasteiger partial charge in [-0.2, -0.15) is 0 Å². The summed E-state index contributed by atoms with van der Waals surface area (Å²) in [7, 11) is 0. The zero-order valence-corrected chi connectivity index (χ0v) is 16.3. The largest absolute Gasteiger partial charge is 0.325 e. The highest BCUT2D eigenvalue weighted by Gasteiger charge is 2.18. The van der Waals surface area contributed by atoms with Crippen LogP contribution in [-0.2, 0) is 4.79 Å². The van der Waals surface area contributed by atoms with E-state index in [1.807, 2.05) is 25.1 Å². The van der Waals surface area contributed by atoms with Gasteiger partial charge in [-0.25, -0.2) is 0 Å². The molecule has 2 aromatic rings. The number of halogens is 2. The van der Waals surface area contributed by atoms with Crippen LogP contribution in [0, 0.1) is 0 Å². The summed E-state index contributed by atoms with van der Waals surface area (Å²) in [5.74, 6) is 0.346. The Balaban J connectivity index is 2.11. The Labute approximate surface area is 157 Å². The van der Waals surface area contributed by atoms with Gasteiger partial charge in [-0.15, -0.1) is 11.8 Å². The summed E-state index contributed by atoms with van der Waals surface area (Å²) in [6.07, 6.45) is 1.02. The molecule has 5 heteroatoms. The second-order valence-electron chi connectivity index (χ2n) is 5.72. The predicted molar refractivity (Wildman–Crippen MR) is 106 cm³/mol. The fraction of sp³-hybridized carbons (Fsp3) is 0.316. The summed E-state index contributed by atoms with van der Waals surface area (Å²) in [5.41, 5.74) is 2.04. The van der Waals surface area contributed by atoms with Crippen molar-refractivity contribution in [1.29, 1.82) is 0 Å². The fourth-order valence-corrected chi connectivity index (χ4v) is 3.72. The van der Waals surface area contributed by atoms with Crippen molar-refractivity contribution < 1.29 is 4.79 Å². The SMILES string of the molecule is CC[C@@H](C)c1ccccc1NC(=O)[C@H](C)Sc1cc(Cl)ccc1Cl. The van der Waals surface area contributed by atoms with Crippen molar-refractivity contribution in [3.63, 3.8) is 0 Å². The van der Waals surface area contributed by atoms with Crippen LogP contribution in [0.1, 0.15) is 38.7 Å². The number of hydrogen-bond donors (Lipinski definition) is 1. The molecule has 0 aliphatic heterocycles. The first-order valence-electron chi connectivity index (χ1n) is 7.93. The number of carbonyl (C=O) groups excluding carboxylic acids is 1. The number of rotatable bonds is 6. The zero-order chi connectivity index (χ0) is 17.7. The van der Waals surface area contributed by atoms with Gasteiger partial charge >= 0.3 is 0 Å². The Morgan fingerprint density at radius 2 is 1.88 bits per heavy atom. The molecule has 0 spiro atoms. The maximum Gasteiger partial charge on any atom is 0.237 e. The topological polar surface area (TPSA) is 29.1 Å². The molecule has 0 saturated carbocycles. The number of amides is 1. The maximum absolute atomic E-state index is 12.6. The molecule has 0 aliphatic rings. The highest BCUT2D eigenvalue weighted by Crippen LogP contribution is 2.33. The number of benzene rings is 2. The minimum atomic E-state index is -0.286. The number of carbonyl (C=O) groups is 1. The van der Waals surface area contributed by atoms with Crippen LogP contribution in [0.25, 0.3) is 0 Å². The molecule has 0 bridgehead atoms. The second-order valence-corrected chi connectivity index (χ2v) is 7.95. The Kier molecular flexibility index (Phi) is 7.02. The first-order chi connectivity index (χ1) is 11.4. The first-order valence-corrected chi connectivity index (χ1v) is 9.57. The monoisotopic (exact) mass is 381 g/mol. The molecule has 2 rings (SSSR count). The van der Waals surface area contributed by atoms with E-state index in [9.17, 15) is 4.79 Å². The van der Waals surface area contributed by atoms with Crippen LogP contribution in [-0.4, -0.2) is 11.2 Å². The third-order valence-corrected chi connectivity index (χ3v) is 5.76. The molecule has 2 nitrogen and oxygen atoms in total. The van der Waals surface area contributed by atoms with Gasteiger partial charge in [-0.05, 0) is 49.1 Å². The smallest absolute Gasteiger partial charge is 0.237 e. The second kappa shape index (κ2) is 8.80. The van der Waals surface area contributed by atoms with Gasteiger partial charge < -0.3 is 5.32 Å². The van der Waals surface area contributed by atoms with Crippen molar-refractivity contribution in [3.05, 3.63) is 58.1 Å². The number of thioether (sulfide) groups is 1. The number of nitrogens with one attached hydrogen (secondary N) is 1. The van der Waals surface area contributed by atoms with Gasteiger partial charge in [0.25, 0.3) is 0 Å². The molecule has 128 valence electrons. The fourth-order valence-electron chi connectivity index (χ4n) is 2.31. The van der Waals surface area contributed by atoms with Crippen LogP contribution in [0.5, 0.6) is 0 Å². The maximum atomic E-state index is 12.6. The lowest BCUT2D eigenvalue weighted by atomic mass is 9.97. The van der Waals surface area contributed by atoms with Crippen molar-refractivity contribution in [2.75, 3.05) is 5.32 Å². The summed E-state index contributed by atoms with van der Waals surface area (Å²) in [6.45, 7) is 6.17. The lowest BCUT2D eigenvalue weighted by Crippen LogP contribution is -2.23. The molecule has 2 atom stereocenters. The van der Waals surface area contributed by atoms with Crippen LogP contribution in [0.3, 0.4) is 0 Å². The van der Waals surface area contributed by atoms with E-state index >= 15 is 0 Å². The molecule has 0 aliphatic carbocycles. The molecule has 0 heterocycles. The summed E-state index contributed by atoms with van der Waals surface area (Å²) in [6, 6.07) is 13.2. The van der Waals surface area contributed by atoms with E-state index < -0.39 is 0 Å². The number of hydrogen-bond acceptors (Lipinski definition) is 2. The van der Waals surface area contributed by atoms with Crippen molar-refractivity contribution >= 4 is 46.6 Å². The summed E-state index contributed by atoms with van der Waals surface area (Å²) < 4.78 is 0. The van der Waals surface area contributed by atoms with Crippen molar-refractivity contribution in [1.82, 2.24) is 0 Å². The van der Waals surface area contributed by atoms with Crippen LogP contribution < -0.4 is 5.32 Å². The molecular weight excluding hydrogens is 361 g/mol. The predicted octanol–water partition coefficient (Wildman–Crippen LogP) is 6.63. The molecule has 0 unspecified atom stereocenters. The Bertz CT molecular complexity index is 720. The van der Waals surface area contributed by atoms with Crippen LogP contribution in [0.2, 0.25) is 10.0 Å². The third-order valence-electron chi connectivity index (χ3n) is 3.93. The van der Waals surface area contributed by atoms with Gasteiger partial charge in [0.15, 0.2) is 0 Å². The van der Waals surface area contributed by atoms with Crippen LogP contribution >= 0.6 is 35.0 Å². The van der Waals surface area contributed by atoms with E-state index in [1.165, 1.54) is 11.8 Å². The normalized spacial score (nSPS) is 13.4. The van der Waals surface area contributed by atoms with Crippen molar-refractivity contribution in [2.24, 2.45) is 0 Å². The lowest BCUT2D eigenvalue weighted by Gasteiger charge is -2.18. The summed E-state index contributed by atoms with van der Waals surface area (Å²) >= 11 is 13.6. The molecule has 0 saturated heterocycles. The van der Waals surface area contributed by atoms with Gasteiger partial charge in [0, 0.05) is 15.6 Å². The average Bonchev–Trinajstić information content (AvgIpc) is 2.57. The van der Waals surface area contributed by atoms with E-state index in [0.29, 0.717) is 16.0 Å². The molecule has 0 fully saturated rings. The zero-order valence-electron chi connectivity index (χ0n) is 14.0. The molecule has 0 aromatic heterocycles. The van der Waals surface area contributed by atoms with E-state index in [0.717, 1.165) is 22.6 Å². The van der Waals surface area contributed by atoms with Crippen LogP contribution in [0.4, 0.5) is 5.69 Å².